The van der Waals surface area contributed by atoms with Crippen molar-refractivity contribution in [2.24, 2.45) is 5.92 Å². The number of hydrogen-bond donors (Lipinski definition) is 1. The number of pyridine rings is 1. The number of anilines is 2. The highest BCUT2D eigenvalue weighted by atomic mass is 19.1. The smallest absolute Gasteiger partial charge is 0.225 e. The van der Waals surface area contributed by atoms with E-state index in [-0.39, 0.29) is 12.0 Å². The van der Waals surface area contributed by atoms with Gasteiger partial charge in [-0.15, -0.1) is 0 Å². The van der Waals surface area contributed by atoms with Gasteiger partial charge in [0.05, 0.1) is 44.2 Å². The van der Waals surface area contributed by atoms with Gasteiger partial charge in [-0.2, -0.15) is 4.98 Å². The second kappa shape index (κ2) is 8.49. The van der Waals surface area contributed by atoms with E-state index in [9.17, 15) is 4.39 Å². The lowest BCUT2D eigenvalue weighted by Gasteiger charge is -2.28. The van der Waals surface area contributed by atoms with Crippen LogP contribution in [0.4, 0.5) is 16.2 Å². The van der Waals surface area contributed by atoms with Crippen molar-refractivity contribution in [3.05, 3.63) is 54.1 Å². The zero-order valence-electron chi connectivity index (χ0n) is 16.6. The molecule has 4 heterocycles. The Hall–Kier alpha value is -2.84. The average molecular weight is 409 g/mol. The second-order valence-electron chi connectivity index (χ2n) is 7.70. The first-order valence-corrected chi connectivity index (χ1v) is 10.3. The van der Waals surface area contributed by atoms with Gasteiger partial charge >= 0.3 is 0 Å². The van der Waals surface area contributed by atoms with Crippen LogP contribution in [0.5, 0.6) is 0 Å². The summed E-state index contributed by atoms with van der Waals surface area (Å²) in [7, 11) is 0. The van der Waals surface area contributed by atoms with E-state index in [4.69, 9.17) is 9.47 Å². The quantitative estimate of drug-likeness (QED) is 0.695. The summed E-state index contributed by atoms with van der Waals surface area (Å²) < 4.78 is 25.4. The predicted molar refractivity (Wildman–Crippen MR) is 112 cm³/mol. The van der Waals surface area contributed by atoms with Crippen LogP contribution in [-0.2, 0) is 15.9 Å². The van der Waals surface area contributed by atoms with Crippen molar-refractivity contribution in [2.45, 2.75) is 12.5 Å². The minimum absolute atomic E-state index is 0.0555. The summed E-state index contributed by atoms with van der Waals surface area (Å²) in [5.41, 5.74) is 2.24. The molecule has 8 heteroatoms. The number of nitrogens with zero attached hydrogens (tertiary/aromatic N) is 4. The molecule has 156 valence electrons. The van der Waals surface area contributed by atoms with Crippen LogP contribution in [-0.4, -0.2) is 60.5 Å². The van der Waals surface area contributed by atoms with Gasteiger partial charge < -0.3 is 19.7 Å². The highest BCUT2D eigenvalue weighted by Gasteiger charge is 2.30. The van der Waals surface area contributed by atoms with Gasteiger partial charge in [-0.1, -0.05) is 18.2 Å². The van der Waals surface area contributed by atoms with E-state index >= 15 is 0 Å². The van der Waals surface area contributed by atoms with Crippen LogP contribution in [0.25, 0.3) is 10.9 Å². The zero-order valence-corrected chi connectivity index (χ0v) is 16.6. The minimum Gasteiger partial charge on any atom is -0.379 e. The fourth-order valence-corrected chi connectivity index (χ4v) is 4.17. The van der Waals surface area contributed by atoms with Crippen LogP contribution in [0, 0.1) is 11.7 Å². The molecule has 5 rings (SSSR count). The van der Waals surface area contributed by atoms with Crippen LogP contribution in [0.15, 0.2) is 42.7 Å². The Kier molecular flexibility index (Phi) is 5.42. The maximum Gasteiger partial charge on any atom is 0.225 e. The molecule has 0 saturated carbocycles. The fraction of sp³-hybridized carbons (Fsp3) is 0.409. The molecule has 2 aliphatic heterocycles. The molecule has 1 aromatic carbocycles. The van der Waals surface area contributed by atoms with E-state index < -0.39 is 5.82 Å². The predicted octanol–water partition coefficient (Wildman–Crippen LogP) is 2.67. The van der Waals surface area contributed by atoms with Crippen molar-refractivity contribution in [2.75, 3.05) is 49.7 Å². The molecule has 0 aliphatic carbocycles. The molecule has 2 aromatic heterocycles. The maximum atomic E-state index is 14.3. The minimum atomic E-state index is -0.412. The Balaban J connectivity index is 1.33. The fourth-order valence-electron chi connectivity index (χ4n) is 4.17. The van der Waals surface area contributed by atoms with E-state index in [0.29, 0.717) is 51.3 Å². The SMILES string of the molecule is Fc1cnc(N[C@H]2COC[C@H]2Cc2ccnc3ccccc23)nc1N1CCOCC1. The molecular weight excluding hydrogens is 385 g/mol. The molecule has 1 N–H and O–H groups in total. The number of benzene rings is 1. The molecule has 0 spiro atoms. The number of fused-ring (bicyclic) bond motifs is 1. The molecule has 30 heavy (non-hydrogen) atoms. The van der Waals surface area contributed by atoms with Gasteiger partial charge in [0.25, 0.3) is 0 Å². The lowest BCUT2D eigenvalue weighted by atomic mass is 9.93. The molecule has 0 radical (unpaired) electrons. The van der Waals surface area contributed by atoms with Gasteiger partial charge in [0.1, 0.15) is 0 Å². The second-order valence-corrected chi connectivity index (χ2v) is 7.70. The van der Waals surface area contributed by atoms with E-state index in [2.05, 4.69) is 32.4 Å². The number of ether oxygens (including phenoxy) is 2. The first-order chi connectivity index (χ1) is 14.8. The van der Waals surface area contributed by atoms with Crippen LogP contribution in [0.1, 0.15) is 5.56 Å². The number of morpholine rings is 1. The molecule has 0 bridgehead atoms. The summed E-state index contributed by atoms with van der Waals surface area (Å²) in [4.78, 5) is 15.0. The van der Waals surface area contributed by atoms with Gasteiger partial charge in [-0.25, -0.2) is 9.37 Å². The first-order valence-electron chi connectivity index (χ1n) is 10.3. The molecule has 0 unspecified atom stereocenters. The molecule has 2 aliphatic rings. The lowest BCUT2D eigenvalue weighted by Crippen LogP contribution is -2.37. The van der Waals surface area contributed by atoms with Crippen molar-refractivity contribution in [1.82, 2.24) is 15.0 Å². The number of aromatic nitrogens is 3. The summed E-state index contributed by atoms with van der Waals surface area (Å²) in [6.07, 6.45) is 3.95. The van der Waals surface area contributed by atoms with E-state index in [1.165, 1.54) is 17.1 Å². The van der Waals surface area contributed by atoms with Gasteiger partial charge in [0.15, 0.2) is 11.6 Å². The monoisotopic (exact) mass is 409 g/mol. The first kappa shape index (κ1) is 19.1. The Labute approximate surface area is 174 Å². The Morgan fingerprint density at radius 3 is 2.83 bits per heavy atom. The normalized spacial score (nSPS) is 21.8. The van der Waals surface area contributed by atoms with Crippen molar-refractivity contribution in [3.63, 3.8) is 0 Å². The van der Waals surface area contributed by atoms with E-state index in [1.54, 1.807) is 0 Å². The third-order valence-electron chi connectivity index (χ3n) is 5.77. The Morgan fingerprint density at radius 1 is 1.07 bits per heavy atom. The summed E-state index contributed by atoms with van der Waals surface area (Å²) >= 11 is 0. The Morgan fingerprint density at radius 2 is 1.93 bits per heavy atom. The van der Waals surface area contributed by atoms with Crippen LogP contribution >= 0.6 is 0 Å². The van der Waals surface area contributed by atoms with Crippen molar-refractivity contribution < 1.29 is 13.9 Å². The molecule has 2 atom stereocenters. The molecule has 2 fully saturated rings. The highest BCUT2D eigenvalue weighted by Crippen LogP contribution is 2.26. The standard InChI is InChI=1S/C22H24FN5O2/c23-18-12-25-22(27-21(18)28-7-9-29-10-8-28)26-20-14-30-13-16(20)11-15-5-6-24-19-4-2-1-3-17(15)19/h1-6,12,16,20H,7-11,13-14H2,(H,25,26,27)/t16-,20+/m1/s1. The van der Waals surface area contributed by atoms with Gasteiger partial charge in [0, 0.05) is 30.6 Å². The summed E-state index contributed by atoms with van der Waals surface area (Å²) in [6.45, 7) is 3.62. The van der Waals surface area contributed by atoms with Crippen LogP contribution < -0.4 is 10.2 Å². The molecule has 0 amide bonds. The summed E-state index contributed by atoms with van der Waals surface area (Å²) in [6, 6.07) is 10.3. The number of nitrogens with one attached hydrogen (secondary N) is 1. The number of rotatable bonds is 5. The number of halogens is 1. The lowest BCUT2D eigenvalue weighted by molar-refractivity contribution is 0.122. The average Bonchev–Trinajstić information content (AvgIpc) is 3.22. The zero-order chi connectivity index (χ0) is 20.3. The van der Waals surface area contributed by atoms with Gasteiger partial charge in [-0.3, -0.25) is 4.98 Å². The third-order valence-corrected chi connectivity index (χ3v) is 5.77. The maximum absolute atomic E-state index is 14.3. The van der Waals surface area contributed by atoms with Crippen molar-refractivity contribution in [1.29, 1.82) is 0 Å². The van der Waals surface area contributed by atoms with E-state index in [0.717, 1.165) is 11.9 Å². The third kappa shape index (κ3) is 3.93. The van der Waals surface area contributed by atoms with Crippen LogP contribution in [0.2, 0.25) is 0 Å². The Bertz CT molecular complexity index is 1020. The van der Waals surface area contributed by atoms with Crippen molar-refractivity contribution in [3.8, 4) is 0 Å². The van der Waals surface area contributed by atoms with E-state index in [1.807, 2.05) is 29.3 Å². The number of hydrogen-bond acceptors (Lipinski definition) is 7. The molecule has 2 saturated heterocycles. The topological polar surface area (TPSA) is 72.4 Å². The summed E-state index contributed by atoms with van der Waals surface area (Å²) in [5, 5.41) is 4.54. The number of para-hydroxylation sites is 1. The molecular formula is C22H24FN5O2. The highest BCUT2D eigenvalue weighted by molar-refractivity contribution is 5.81. The largest absolute Gasteiger partial charge is 0.379 e. The van der Waals surface area contributed by atoms with Gasteiger partial charge in [-0.05, 0) is 24.1 Å². The molecule has 7 nitrogen and oxygen atoms in total. The van der Waals surface area contributed by atoms with Crippen LogP contribution in [0.3, 0.4) is 0 Å². The van der Waals surface area contributed by atoms with Gasteiger partial charge in [0.2, 0.25) is 5.95 Å². The van der Waals surface area contributed by atoms with Crippen molar-refractivity contribution >= 4 is 22.7 Å². The summed E-state index contributed by atoms with van der Waals surface area (Å²) in [5.74, 6) is 0.602. The molecule has 3 aromatic rings.